The van der Waals surface area contributed by atoms with Crippen molar-refractivity contribution in [1.29, 1.82) is 0 Å². The lowest BCUT2D eigenvalue weighted by Crippen LogP contribution is -2.15. The van der Waals surface area contributed by atoms with Crippen LogP contribution in [0, 0.1) is 3.57 Å². The van der Waals surface area contributed by atoms with Gasteiger partial charge >= 0.3 is 0 Å². The molecular formula is C8H12IN3O. The predicted molar refractivity (Wildman–Crippen MR) is 61.0 cm³/mol. The van der Waals surface area contributed by atoms with Gasteiger partial charge in [0.25, 0.3) is 5.56 Å². The molecule has 0 spiro atoms. The normalized spacial score (nSPS) is 10.0. The zero-order valence-electron chi connectivity index (χ0n) is 7.43. The van der Waals surface area contributed by atoms with Gasteiger partial charge in [0.2, 0.25) is 0 Å². The minimum absolute atomic E-state index is 0.0883. The minimum atomic E-state index is -0.0883. The Balaban J connectivity index is 2.66. The van der Waals surface area contributed by atoms with Gasteiger partial charge in [0.1, 0.15) is 9.39 Å². The van der Waals surface area contributed by atoms with Gasteiger partial charge in [-0.05, 0) is 29.0 Å². The van der Waals surface area contributed by atoms with Crippen molar-refractivity contribution in [1.82, 2.24) is 9.97 Å². The third-order valence-electron chi connectivity index (χ3n) is 1.62. The molecule has 0 saturated heterocycles. The monoisotopic (exact) mass is 293 g/mol. The summed E-state index contributed by atoms with van der Waals surface area (Å²) in [6.45, 7) is 2.99. The quantitative estimate of drug-likeness (QED) is 0.654. The van der Waals surface area contributed by atoms with E-state index in [2.05, 4.69) is 22.2 Å². The van der Waals surface area contributed by atoms with Gasteiger partial charge < -0.3 is 10.3 Å². The zero-order valence-corrected chi connectivity index (χ0v) is 9.59. The van der Waals surface area contributed by atoms with Crippen molar-refractivity contribution >= 4 is 28.4 Å². The second kappa shape index (κ2) is 5.21. The summed E-state index contributed by atoms with van der Waals surface area (Å²) in [5.41, 5.74) is -0.0883. The molecule has 1 rings (SSSR count). The summed E-state index contributed by atoms with van der Waals surface area (Å²) in [6.07, 6.45) is 3.64. The van der Waals surface area contributed by atoms with Crippen LogP contribution in [0.1, 0.15) is 19.8 Å². The van der Waals surface area contributed by atoms with Gasteiger partial charge in [-0.2, -0.15) is 0 Å². The van der Waals surface area contributed by atoms with E-state index in [9.17, 15) is 4.79 Å². The van der Waals surface area contributed by atoms with Crippen LogP contribution in [0.25, 0.3) is 0 Å². The number of aromatic nitrogens is 2. The van der Waals surface area contributed by atoms with Crippen molar-refractivity contribution in [2.75, 3.05) is 11.9 Å². The van der Waals surface area contributed by atoms with E-state index in [0.29, 0.717) is 9.39 Å². The zero-order chi connectivity index (χ0) is 9.68. The minimum Gasteiger partial charge on any atom is -0.369 e. The lowest BCUT2D eigenvalue weighted by Gasteiger charge is -2.04. The van der Waals surface area contributed by atoms with Crippen LogP contribution in [-0.2, 0) is 0 Å². The largest absolute Gasteiger partial charge is 0.369 e. The maximum absolute atomic E-state index is 11.1. The number of anilines is 1. The van der Waals surface area contributed by atoms with Crippen molar-refractivity contribution in [3.63, 3.8) is 0 Å². The molecule has 0 aliphatic heterocycles. The molecule has 4 nitrogen and oxygen atoms in total. The predicted octanol–water partition coefficient (Wildman–Crippen LogP) is 1.59. The molecule has 0 aliphatic rings. The van der Waals surface area contributed by atoms with Gasteiger partial charge in [-0.3, -0.25) is 4.79 Å². The molecule has 0 unspecified atom stereocenters. The first kappa shape index (κ1) is 10.5. The van der Waals surface area contributed by atoms with Crippen LogP contribution in [0.2, 0.25) is 0 Å². The molecule has 1 aromatic rings. The van der Waals surface area contributed by atoms with E-state index in [4.69, 9.17) is 0 Å². The number of nitrogens with zero attached hydrogens (tertiary/aromatic N) is 1. The molecule has 1 heterocycles. The Kier molecular flexibility index (Phi) is 4.20. The number of unbranched alkanes of at least 4 members (excludes halogenated alkanes) is 1. The molecular weight excluding hydrogens is 281 g/mol. The van der Waals surface area contributed by atoms with Crippen molar-refractivity contribution < 1.29 is 0 Å². The smallest absolute Gasteiger partial charge is 0.266 e. The lowest BCUT2D eigenvalue weighted by molar-refractivity contribution is 0.829. The summed E-state index contributed by atoms with van der Waals surface area (Å²) >= 11 is 1.99. The van der Waals surface area contributed by atoms with Crippen LogP contribution >= 0.6 is 22.6 Å². The molecule has 0 saturated carbocycles. The van der Waals surface area contributed by atoms with Crippen LogP contribution in [0.5, 0.6) is 0 Å². The molecule has 0 fully saturated rings. The van der Waals surface area contributed by atoms with Crippen LogP contribution in [-0.4, -0.2) is 16.5 Å². The van der Waals surface area contributed by atoms with Crippen LogP contribution in [0.15, 0.2) is 11.1 Å². The van der Waals surface area contributed by atoms with Crippen molar-refractivity contribution in [2.24, 2.45) is 0 Å². The SMILES string of the molecule is CCCCNc1nc[nH]c(=O)c1I. The third kappa shape index (κ3) is 2.98. The Morgan fingerprint density at radius 1 is 1.69 bits per heavy atom. The second-order valence-electron chi connectivity index (χ2n) is 2.67. The van der Waals surface area contributed by atoms with Gasteiger partial charge in [-0.15, -0.1) is 0 Å². The van der Waals surface area contributed by atoms with Gasteiger partial charge in [-0.1, -0.05) is 13.3 Å². The van der Waals surface area contributed by atoms with E-state index < -0.39 is 0 Å². The highest BCUT2D eigenvalue weighted by Gasteiger charge is 2.02. The summed E-state index contributed by atoms with van der Waals surface area (Å²) in [5, 5.41) is 3.12. The summed E-state index contributed by atoms with van der Waals surface area (Å²) < 4.78 is 0.621. The molecule has 2 N–H and O–H groups in total. The Labute approximate surface area is 90.3 Å². The first-order valence-electron chi connectivity index (χ1n) is 4.22. The number of H-pyrrole nitrogens is 1. The highest BCUT2D eigenvalue weighted by molar-refractivity contribution is 14.1. The Bertz CT molecular complexity index is 323. The highest BCUT2D eigenvalue weighted by Crippen LogP contribution is 2.08. The molecule has 0 bridgehead atoms. The van der Waals surface area contributed by atoms with E-state index in [1.54, 1.807) is 0 Å². The average Bonchev–Trinajstić information content (AvgIpc) is 2.13. The third-order valence-corrected chi connectivity index (χ3v) is 2.62. The summed E-state index contributed by atoms with van der Waals surface area (Å²) in [4.78, 5) is 17.7. The van der Waals surface area contributed by atoms with Crippen molar-refractivity contribution in [2.45, 2.75) is 19.8 Å². The number of nitrogens with one attached hydrogen (secondary N) is 2. The van der Waals surface area contributed by atoms with Crippen molar-refractivity contribution in [3.05, 3.63) is 20.3 Å². The Morgan fingerprint density at radius 2 is 2.46 bits per heavy atom. The molecule has 0 atom stereocenters. The van der Waals surface area contributed by atoms with Gasteiger partial charge in [0.15, 0.2) is 0 Å². The molecule has 72 valence electrons. The standard InChI is InChI=1S/C8H12IN3O/c1-2-3-4-10-7-6(9)8(13)12-5-11-7/h5H,2-4H2,1H3,(H2,10,11,12,13). The van der Waals surface area contributed by atoms with Crippen LogP contribution < -0.4 is 10.9 Å². The Morgan fingerprint density at radius 3 is 3.15 bits per heavy atom. The number of rotatable bonds is 4. The first-order chi connectivity index (χ1) is 6.25. The highest BCUT2D eigenvalue weighted by atomic mass is 127. The average molecular weight is 293 g/mol. The van der Waals surface area contributed by atoms with Gasteiger partial charge in [-0.25, -0.2) is 4.98 Å². The maximum atomic E-state index is 11.1. The van der Waals surface area contributed by atoms with E-state index >= 15 is 0 Å². The van der Waals surface area contributed by atoms with E-state index in [1.165, 1.54) is 6.33 Å². The van der Waals surface area contributed by atoms with Crippen LogP contribution in [0.4, 0.5) is 5.82 Å². The molecule has 0 amide bonds. The number of aromatic amines is 1. The van der Waals surface area contributed by atoms with E-state index in [1.807, 2.05) is 22.6 Å². The maximum Gasteiger partial charge on any atom is 0.266 e. The van der Waals surface area contributed by atoms with E-state index in [-0.39, 0.29) is 5.56 Å². The molecule has 5 heteroatoms. The molecule has 0 aliphatic carbocycles. The first-order valence-corrected chi connectivity index (χ1v) is 5.30. The molecule has 0 aromatic carbocycles. The summed E-state index contributed by atoms with van der Waals surface area (Å²) in [5.74, 6) is 0.679. The van der Waals surface area contributed by atoms with Crippen LogP contribution in [0.3, 0.4) is 0 Å². The van der Waals surface area contributed by atoms with Crippen molar-refractivity contribution in [3.8, 4) is 0 Å². The number of hydrogen-bond acceptors (Lipinski definition) is 3. The fraction of sp³-hybridized carbons (Fsp3) is 0.500. The Hall–Kier alpha value is -0.590. The fourth-order valence-electron chi connectivity index (χ4n) is 0.890. The molecule has 13 heavy (non-hydrogen) atoms. The van der Waals surface area contributed by atoms with Gasteiger partial charge in [0, 0.05) is 6.54 Å². The topological polar surface area (TPSA) is 57.8 Å². The fourth-order valence-corrected chi connectivity index (χ4v) is 1.38. The molecule has 0 radical (unpaired) electrons. The second-order valence-corrected chi connectivity index (χ2v) is 3.75. The molecule has 1 aromatic heterocycles. The summed E-state index contributed by atoms with van der Waals surface area (Å²) in [6, 6.07) is 0. The summed E-state index contributed by atoms with van der Waals surface area (Å²) in [7, 11) is 0. The van der Waals surface area contributed by atoms with E-state index in [0.717, 1.165) is 19.4 Å². The number of halogens is 1. The van der Waals surface area contributed by atoms with Gasteiger partial charge in [0.05, 0.1) is 6.33 Å². The number of hydrogen-bond donors (Lipinski definition) is 2. The lowest BCUT2D eigenvalue weighted by atomic mass is 10.3.